The van der Waals surface area contributed by atoms with E-state index in [4.69, 9.17) is 11.1 Å². The number of urea groups is 1. The summed E-state index contributed by atoms with van der Waals surface area (Å²) >= 11 is 0. The van der Waals surface area contributed by atoms with Crippen LogP contribution in [0.3, 0.4) is 0 Å². The molecule has 0 bridgehead atoms. The van der Waals surface area contributed by atoms with Crippen LogP contribution in [0, 0.1) is 5.41 Å². The molecule has 3 amide bonds. The number of fused-ring (bicyclic) bond motifs is 1. The molecular weight excluding hydrogens is 352 g/mol. The second-order valence-electron chi connectivity index (χ2n) is 7.12. The molecule has 4 N–H and O–H groups in total. The molecule has 6 heteroatoms. The summed E-state index contributed by atoms with van der Waals surface area (Å²) in [5.74, 6) is -0.277. The third-order valence-electron chi connectivity index (χ3n) is 5.18. The predicted octanol–water partition coefficient (Wildman–Crippen LogP) is 3.09. The first-order valence-electron chi connectivity index (χ1n) is 8.95. The molecule has 0 aliphatic carbocycles. The van der Waals surface area contributed by atoms with E-state index in [-0.39, 0.29) is 18.3 Å². The quantitative estimate of drug-likeness (QED) is 0.373. The monoisotopic (exact) mass is 372 g/mol. The smallest absolute Gasteiger partial charge is 0.325 e. The van der Waals surface area contributed by atoms with Gasteiger partial charge in [0.15, 0.2) is 0 Å². The number of amides is 3. The highest BCUT2D eigenvalue weighted by Crippen LogP contribution is 2.30. The average molecular weight is 372 g/mol. The van der Waals surface area contributed by atoms with E-state index in [0.29, 0.717) is 5.56 Å². The highest BCUT2D eigenvalue weighted by Gasteiger charge is 2.48. The number of nitrogens with zero attached hydrogens (tertiary/aromatic N) is 1. The van der Waals surface area contributed by atoms with Crippen molar-refractivity contribution in [3.05, 3.63) is 83.4 Å². The Hall–Kier alpha value is -3.67. The molecule has 1 aliphatic rings. The first kappa shape index (κ1) is 17.7. The van der Waals surface area contributed by atoms with Gasteiger partial charge in [0.2, 0.25) is 0 Å². The summed E-state index contributed by atoms with van der Waals surface area (Å²) in [6.45, 7) is 1.90. The van der Waals surface area contributed by atoms with Crippen molar-refractivity contribution in [2.24, 2.45) is 5.73 Å². The van der Waals surface area contributed by atoms with Gasteiger partial charge in [0.25, 0.3) is 5.91 Å². The summed E-state index contributed by atoms with van der Waals surface area (Å²) in [6, 6.07) is 20.1. The van der Waals surface area contributed by atoms with Crippen LogP contribution in [0.4, 0.5) is 4.79 Å². The fraction of sp³-hybridized carbons (Fsp3) is 0.136. The summed E-state index contributed by atoms with van der Waals surface area (Å²) in [6.07, 6.45) is 0. The zero-order chi connectivity index (χ0) is 19.9. The SMILES string of the molecule is CC1(c2ccccc2)NC(=O)N(Cc2ccc3ccc(C(=N)N)cc3c2)C1=O. The third-order valence-corrected chi connectivity index (χ3v) is 5.18. The number of benzene rings is 3. The van der Waals surface area contributed by atoms with Crippen molar-refractivity contribution < 1.29 is 9.59 Å². The summed E-state index contributed by atoms with van der Waals surface area (Å²) in [5, 5.41) is 12.3. The molecule has 140 valence electrons. The molecule has 1 unspecified atom stereocenters. The molecule has 0 radical (unpaired) electrons. The van der Waals surface area contributed by atoms with Gasteiger partial charge in [0, 0.05) is 5.56 Å². The molecule has 3 aromatic carbocycles. The number of hydrogen-bond acceptors (Lipinski definition) is 3. The minimum Gasteiger partial charge on any atom is -0.384 e. The molecule has 1 aliphatic heterocycles. The largest absolute Gasteiger partial charge is 0.384 e. The molecule has 0 aromatic heterocycles. The maximum atomic E-state index is 13.0. The van der Waals surface area contributed by atoms with Crippen molar-refractivity contribution in [2.75, 3.05) is 0 Å². The van der Waals surface area contributed by atoms with Gasteiger partial charge in [-0.15, -0.1) is 0 Å². The van der Waals surface area contributed by atoms with E-state index in [1.54, 1.807) is 13.0 Å². The molecule has 4 rings (SSSR count). The van der Waals surface area contributed by atoms with Gasteiger partial charge >= 0.3 is 6.03 Å². The second-order valence-corrected chi connectivity index (χ2v) is 7.12. The lowest BCUT2D eigenvalue weighted by Gasteiger charge is -2.22. The van der Waals surface area contributed by atoms with Crippen LogP contribution in [0.15, 0.2) is 66.7 Å². The highest BCUT2D eigenvalue weighted by atomic mass is 16.2. The van der Waals surface area contributed by atoms with Crippen LogP contribution in [0.1, 0.15) is 23.6 Å². The van der Waals surface area contributed by atoms with Crippen LogP contribution in [-0.2, 0) is 16.9 Å². The van der Waals surface area contributed by atoms with Crippen molar-refractivity contribution in [1.29, 1.82) is 5.41 Å². The van der Waals surface area contributed by atoms with Gasteiger partial charge in [-0.1, -0.05) is 54.6 Å². The number of nitrogen functional groups attached to an aromatic ring is 1. The molecular formula is C22H20N4O2. The molecule has 1 fully saturated rings. The van der Waals surface area contributed by atoms with Crippen molar-refractivity contribution in [3.63, 3.8) is 0 Å². The van der Waals surface area contributed by atoms with Gasteiger partial charge in [-0.05, 0) is 41.0 Å². The Morgan fingerprint density at radius 3 is 2.46 bits per heavy atom. The lowest BCUT2D eigenvalue weighted by molar-refractivity contribution is -0.131. The Balaban J connectivity index is 1.64. The lowest BCUT2D eigenvalue weighted by atomic mass is 9.92. The van der Waals surface area contributed by atoms with E-state index in [0.717, 1.165) is 21.9 Å². The number of amidine groups is 1. The molecule has 3 aromatic rings. The fourth-order valence-corrected chi connectivity index (χ4v) is 3.55. The molecule has 0 saturated carbocycles. The maximum Gasteiger partial charge on any atom is 0.325 e. The zero-order valence-corrected chi connectivity index (χ0v) is 15.4. The predicted molar refractivity (Wildman–Crippen MR) is 108 cm³/mol. The Labute approximate surface area is 162 Å². The van der Waals surface area contributed by atoms with Crippen LogP contribution in [0.25, 0.3) is 10.8 Å². The summed E-state index contributed by atoms with van der Waals surface area (Å²) in [4.78, 5) is 26.8. The minimum atomic E-state index is -1.07. The molecule has 0 spiro atoms. The topological polar surface area (TPSA) is 99.3 Å². The standard InChI is InChI=1S/C22H20N4O2/c1-22(18-5-3-2-4-6-18)20(27)26(21(28)25-22)13-14-7-8-15-9-10-16(19(23)24)12-17(15)11-14/h2-12H,13H2,1H3,(H3,23,24)(H,25,28). The Kier molecular flexibility index (Phi) is 4.11. The number of hydrogen-bond donors (Lipinski definition) is 3. The van der Waals surface area contributed by atoms with Gasteiger partial charge in [0.1, 0.15) is 11.4 Å². The summed E-state index contributed by atoms with van der Waals surface area (Å²) in [7, 11) is 0. The van der Waals surface area contributed by atoms with E-state index < -0.39 is 11.6 Å². The molecule has 1 atom stereocenters. The molecule has 1 saturated heterocycles. The van der Waals surface area contributed by atoms with Crippen molar-refractivity contribution in [3.8, 4) is 0 Å². The van der Waals surface area contributed by atoms with Crippen molar-refractivity contribution >= 4 is 28.5 Å². The third kappa shape index (κ3) is 2.89. The van der Waals surface area contributed by atoms with E-state index >= 15 is 0 Å². The van der Waals surface area contributed by atoms with Crippen molar-refractivity contribution in [2.45, 2.75) is 19.0 Å². The Bertz CT molecular complexity index is 1110. The van der Waals surface area contributed by atoms with E-state index in [1.807, 2.05) is 60.7 Å². The van der Waals surface area contributed by atoms with Crippen LogP contribution in [0.2, 0.25) is 0 Å². The van der Waals surface area contributed by atoms with E-state index in [2.05, 4.69) is 5.32 Å². The first-order valence-corrected chi connectivity index (χ1v) is 8.95. The van der Waals surface area contributed by atoms with Crippen LogP contribution in [0.5, 0.6) is 0 Å². The van der Waals surface area contributed by atoms with Gasteiger partial charge < -0.3 is 11.1 Å². The van der Waals surface area contributed by atoms with Gasteiger partial charge in [-0.25, -0.2) is 4.79 Å². The van der Waals surface area contributed by atoms with Crippen LogP contribution in [-0.4, -0.2) is 22.7 Å². The molecule has 1 heterocycles. The second kappa shape index (κ2) is 6.49. The zero-order valence-electron chi connectivity index (χ0n) is 15.4. The van der Waals surface area contributed by atoms with Gasteiger partial charge in [-0.3, -0.25) is 15.1 Å². The highest BCUT2D eigenvalue weighted by molar-refractivity contribution is 6.07. The lowest BCUT2D eigenvalue weighted by Crippen LogP contribution is -2.40. The van der Waals surface area contributed by atoms with E-state index in [1.165, 1.54) is 4.90 Å². The van der Waals surface area contributed by atoms with E-state index in [9.17, 15) is 9.59 Å². The first-order chi connectivity index (χ1) is 13.4. The summed E-state index contributed by atoms with van der Waals surface area (Å²) in [5.41, 5.74) is 6.72. The number of carbonyl (C=O) groups is 2. The van der Waals surface area contributed by atoms with Crippen LogP contribution >= 0.6 is 0 Å². The number of rotatable bonds is 4. The number of carbonyl (C=O) groups excluding carboxylic acids is 2. The van der Waals surface area contributed by atoms with Crippen LogP contribution < -0.4 is 11.1 Å². The van der Waals surface area contributed by atoms with Gasteiger partial charge in [-0.2, -0.15) is 0 Å². The fourth-order valence-electron chi connectivity index (χ4n) is 3.55. The number of imide groups is 1. The number of nitrogens with two attached hydrogens (primary N) is 1. The van der Waals surface area contributed by atoms with Crippen molar-refractivity contribution in [1.82, 2.24) is 10.2 Å². The van der Waals surface area contributed by atoms with Gasteiger partial charge in [0.05, 0.1) is 6.54 Å². The summed E-state index contributed by atoms with van der Waals surface area (Å²) < 4.78 is 0. The molecule has 6 nitrogen and oxygen atoms in total. The minimum absolute atomic E-state index is 0.0000271. The average Bonchev–Trinajstić information content (AvgIpc) is 2.92. The maximum absolute atomic E-state index is 13.0. The Morgan fingerprint density at radius 1 is 1.04 bits per heavy atom. The number of nitrogens with one attached hydrogen (secondary N) is 2. The Morgan fingerprint density at radius 2 is 1.75 bits per heavy atom. The molecule has 28 heavy (non-hydrogen) atoms. The normalized spacial score (nSPS) is 19.1.